The Morgan fingerprint density at radius 3 is 3.07 bits per heavy atom. The molecule has 2 heterocycles. The third-order valence-electron chi connectivity index (χ3n) is 2.38. The molecule has 15 heavy (non-hydrogen) atoms. The van der Waals surface area contributed by atoms with E-state index >= 15 is 0 Å². The number of pyridine rings is 1. The maximum atomic E-state index is 5.00. The van der Waals surface area contributed by atoms with Crippen LogP contribution in [-0.4, -0.2) is 4.98 Å². The lowest BCUT2D eigenvalue weighted by Crippen LogP contribution is -2.17. The van der Waals surface area contributed by atoms with Crippen LogP contribution in [0.1, 0.15) is 24.1 Å². The summed E-state index contributed by atoms with van der Waals surface area (Å²) in [7, 11) is 0. The van der Waals surface area contributed by atoms with Crippen molar-refractivity contribution < 1.29 is 4.42 Å². The van der Waals surface area contributed by atoms with E-state index < -0.39 is 0 Å². The SMILES string of the molecule is C[C@H](NCc1ccoc1)c1cccnc1. The first-order valence-electron chi connectivity index (χ1n) is 5.00. The number of hydrogen-bond acceptors (Lipinski definition) is 3. The van der Waals surface area contributed by atoms with Gasteiger partial charge in [0, 0.05) is 30.5 Å². The summed E-state index contributed by atoms with van der Waals surface area (Å²) in [5, 5.41) is 3.40. The Labute approximate surface area is 89.1 Å². The Morgan fingerprint density at radius 1 is 1.47 bits per heavy atom. The second kappa shape index (κ2) is 4.75. The Bertz CT molecular complexity index is 383. The van der Waals surface area contributed by atoms with Gasteiger partial charge >= 0.3 is 0 Å². The van der Waals surface area contributed by atoms with E-state index in [0.717, 1.165) is 12.1 Å². The quantitative estimate of drug-likeness (QED) is 0.827. The first-order valence-corrected chi connectivity index (χ1v) is 5.00. The molecule has 0 unspecified atom stereocenters. The van der Waals surface area contributed by atoms with Crippen molar-refractivity contribution in [3.8, 4) is 0 Å². The molecule has 3 nitrogen and oxygen atoms in total. The largest absolute Gasteiger partial charge is 0.472 e. The highest BCUT2D eigenvalue weighted by Crippen LogP contribution is 2.11. The van der Waals surface area contributed by atoms with Gasteiger partial charge < -0.3 is 9.73 Å². The first-order chi connectivity index (χ1) is 7.36. The summed E-state index contributed by atoms with van der Waals surface area (Å²) in [6.45, 7) is 2.93. The Kier molecular flexibility index (Phi) is 3.15. The summed E-state index contributed by atoms with van der Waals surface area (Å²) in [6, 6.07) is 6.28. The molecule has 3 heteroatoms. The van der Waals surface area contributed by atoms with Crippen LogP contribution in [0, 0.1) is 0 Å². The van der Waals surface area contributed by atoms with Crippen LogP contribution in [0.25, 0.3) is 0 Å². The van der Waals surface area contributed by atoms with Gasteiger partial charge in [-0.1, -0.05) is 6.07 Å². The molecule has 0 aliphatic rings. The average Bonchev–Trinajstić information content (AvgIpc) is 2.80. The molecule has 2 aromatic rings. The van der Waals surface area contributed by atoms with Crippen molar-refractivity contribution in [3.05, 3.63) is 54.2 Å². The van der Waals surface area contributed by atoms with Gasteiger partial charge in [0.1, 0.15) is 0 Å². The third-order valence-corrected chi connectivity index (χ3v) is 2.38. The van der Waals surface area contributed by atoms with Crippen LogP contribution in [-0.2, 0) is 6.54 Å². The van der Waals surface area contributed by atoms with Crippen LogP contribution in [0.2, 0.25) is 0 Å². The fraction of sp³-hybridized carbons (Fsp3) is 0.250. The molecule has 0 saturated heterocycles. The standard InChI is InChI=1S/C12H14N2O/c1-10(12-3-2-5-13-8-12)14-7-11-4-6-15-9-11/h2-6,8-10,14H,7H2,1H3/t10-/m0/s1. The highest BCUT2D eigenvalue weighted by molar-refractivity contribution is 5.13. The third kappa shape index (κ3) is 2.67. The van der Waals surface area contributed by atoms with Crippen molar-refractivity contribution in [2.24, 2.45) is 0 Å². The Balaban J connectivity index is 1.90. The molecule has 0 bridgehead atoms. The van der Waals surface area contributed by atoms with E-state index in [4.69, 9.17) is 4.42 Å². The number of nitrogens with one attached hydrogen (secondary N) is 1. The maximum absolute atomic E-state index is 5.00. The number of aromatic nitrogens is 1. The van der Waals surface area contributed by atoms with E-state index in [1.807, 2.05) is 18.3 Å². The summed E-state index contributed by atoms with van der Waals surface area (Å²) >= 11 is 0. The summed E-state index contributed by atoms with van der Waals surface area (Å²) < 4.78 is 5.00. The minimum atomic E-state index is 0.300. The summed E-state index contributed by atoms with van der Waals surface area (Å²) in [4.78, 5) is 4.09. The van der Waals surface area contributed by atoms with E-state index in [-0.39, 0.29) is 0 Å². The van der Waals surface area contributed by atoms with Crippen LogP contribution < -0.4 is 5.32 Å². The monoisotopic (exact) mass is 202 g/mol. The van der Waals surface area contributed by atoms with E-state index in [2.05, 4.69) is 23.3 Å². The van der Waals surface area contributed by atoms with Gasteiger partial charge in [0.15, 0.2) is 0 Å². The second-order valence-corrected chi connectivity index (χ2v) is 3.52. The van der Waals surface area contributed by atoms with E-state index in [1.54, 1.807) is 18.7 Å². The van der Waals surface area contributed by atoms with Crippen LogP contribution >= 0.6 is 0 Å². The molecule has 0 saturated carbocycles. The maximum Gasteiger partial charge on any atom is 0.0947 e. The lowest BCUT2D eigenvalue weighted by atomic mass is 10.1. The number of furan rings is 1. The van der Waals surface area contributed by atoms with Gasteiger partial charge in [0.25, 0.3) is 0 Å². The number of nitrogens with zero attached hydrogens (tertiary/aromatic N) is 1. The van der Waals surface area contributed by atoms with Gasteiger partial charge in [-0.3, -0.25) is 4.98 Å². The van der Waals surface area contributed by atoms with E-state index in [1.165, 1.54) is 5.56 Å². The lowest BCUT2D eigenvalue weighted by Gasteiger charge is -2.12. The number of hydrogen-bond donors (Lipinski definition) is 1. The minimum absolute atomic E-state index is 0.300. The Hall–Kier alpha value is -1.61. The Morgan fingerprint density at radius 2 is 2.40 bits per heavy atom. The molecule has 2 rings (SSSR count). The molecule has 78 valence electrons. The molecule has 0 aromatic carbocycles. The first kappa shape index (κ1) is 9.93. The molecular formula is C12H14N2O. The second-order valence-electron chi connectivity index (χ2n) is 3.52. The minimum Gasteiger partial charge on any atom is -0.472 e. The van der Waals surface area contributed by atoms with Gasteiger partial charge in [-0.2, -0.15) is 0 Å². The van der Waals surface area contributed by atoms with Crippen LogP contribution in [0.3, 0.4) is 0 Å². The van der Waals surface area contributed by atoms with Crippen molar-refractivity contribution in [3.63, 3.8) is 0 Å². The summed E-state index contributed by atoms with van der Waals surface area (Å²) in [6.07, 6.45) is 7.11. The molecule has 0 radical (unpaired) electrons. The average molecular weight is 202 g/mol. The summed E-state index contributed by atoms with van der Waals surface area (Å²) in [5.41, 5.74) is 2.35. The molecule has 0 fully saturated rings. The molecule has 0 spiro atoms. The van der Waals surface area contributed by atoms with Crippen molar-refractivity contribution in [1.29, 1.82) is 0 Å². The van der Waals surface area contributed by atoms with E-state index in [0.29, 0.717) is 6.04 Å². The van der Waals surface area contributed by atoms with Crippen LogP contribution in [0.15, 0.2) is 47.5 Å². The predicted octanol–water partition coefficient (Wildman–Crippen LogP) is 2.53. The van der Waals surface area contributed by atoms with Crippen LogP contribution in [0.4, 0.5) is 0 Å². The highest BCUT2D eigenvalue weighted by atomic mass is 16.3. The van der Waals surface area contributed by atoms with Crippen molar-refractivity contribution in [1.82, 2.24) is 10.3 Å². The van der Waals surface area contributed by atoms with Crippen molar-refractivity contribution >= 4 is 0 Å². The topological polar surface area (TPSA) is 38.1 Å². The zero-order valence-electron chi connectivity index (χ0n) is 8.68. The fourth-order valence-corrected chi connectivity index (χ4v) is 1.41. The predicted molar refractivity (Wildman–Crippen MR) is 58.2 cm³/mol. The van der Waals surface area contributed by atoms with E-state index in [9.17, 15) is 0 Å². The van der Waals surface area contributed by atoms with Crippen molar-refractivity contribution in [2.75, 3.05) is 0 Å². The van der Waals surface area contributed by atoms with Crippen molar-refractivity contribution in [2.45, 2.75) is 19.5 Å². The fourth-order valence-electron chi connectivity index (χ4n) is 1.41. The number of rotatable bonds is 4. The molecule has 0 aliphatic heterocycles. The van der Waals surface area contributed by atoms with Crippen LogP contribution in [0.5, 0.6) is 0 Å². The van der Waals surface area contributed by atoms with Gasteiger partial charge in [0.05, 0.1) is 12.5 Å². The normalized spacial score (nSPS) is 12.6. The van der Waals surface area contributed by atoms with Gasteiger partial charge in [0.2, 0.25) is 0 Å². The molecule has 1 atom stereocenters. The highest BCUT2D eigenvalue weighted by Gasteiger charge is 2.04. The molecule has 0 amide bonds. The van der Waals surface area contributed by atoms with Gasteiger partial charge in [-0.25, -0.2) is 0 Å². The zero-order valence-corrected chi connectivity index (χ0v) is 8.68. The molecule has 0 aliphatic carbocycles. The molecule has 2 aromatic heterocycles. The lowest BCUT2D eigenvalue weighted by molar-refractivity contribution is 0.546. The van der Waals surface area contributed by atoms with Gasteiger partial charge in [-0.15, -0.1) is 0 Å². The summed E-state index contributed by atoms with van der Waals surface area (Å²) in [5.74, 6) is 0. The molecule has 1 N–H and O–H groups in total. The van der Waals surface area contributed by atoms with Gasteiger partial charge in [-0.05, 0) is 24.6 Å². The smallest absolute Gasteiger partial charge is 0.0947 e. The molecular weight excluding hydrogens is 188 g/mol. The zero-order chi connectivity index (χ0) is 10.5.